The number of benzene rings is 2. The molecule has 2 rings (SSSR count). The number of fused-ring (bicyclic) bond motifs is 1. The summed E-state index contributed by atoms with van der Waals surface area (Å²) in [4.78, 5) is 0. The van der Waals surface area contributed by atoms with Crippen LogP contribution in [0.1, 0.15) is 25.3 Å². The first-order valence-corrected chi connectivity index (χ1v) is 7.02. The van der Waals surface area contributed by atoms with Crippen molar-refractivity contribution < 1.29 is 4.74 Å². The third kappa shape index (κ3) is 3.61. The first-order chi connectivity index (χ1) is 9.85. The number of nitrogens with zero attached hydrogens (tertiary/aromatic N) is 1. The summed E-state index contributed by atoms with van der Waals surface area (Å²) >= 11 is 0. The maximum Gasteiger partial charge on any atom is 0.0979 e. The molecule has 0 heterocycles. The summed E-state index contributed by atoms with van der Waals surface area (Å²) in [5.74, 6) is 0. The van der Waals surface area contributed by atoms with Crippen LogP contribution in [0, 0.1) is 11.3 Å². The van der Waals surface area contributed by atoms with Gasteiger partial charge in [-0.3, -0.25) is 0 Å². The lowest BCUT2D eigenvalue weighted by Crippen LogP contribution is -1.90. The Morgan fingerprint density at radius 2 is 2.00 bits per heavy atom. The average Bonchev–Trinajstić information content (AvgIpc) is 2.51. The number of hydrogen-bond acceptors (Lipinski definition) is 2. The number of allylic oxidation sites excluding steroid dienone is 1. The van der Waals surface area contributed by atoms with E-state index in [1.807, 2.05) is 6.92 Å². The second-order valence-corrected chi connectivity index (χ2v) is 4.70. The normalized spacial score (nSPS) is 11.3. The molecule has 20 heavy (non-hydrogen) atoms. The molecule has 0 unspecified atom stereocenters. The van der Waals surface area contributed by atoms with Crippen LogP contribution in [0.5, 0.6) is 0 Å². The summed E-state index contributed by atoms with van der Waals surface area (Å²) in [6.45, 7) is 2.52. The van der Waals surface area contributed by atoms with E-state index in [0.29, 0.717) is 12.2 Å². The zero-order valence-corrected chi connectivity index (χ0v) is 11.8. The Balaban J connectivity index is 2.01. The lowest BCUT2D eigenvalue weighted by Gasteiger charge is -2.06. The molecule has 0 spiro atoms. The van der Waals surface area contributed by atoms with Gasteiger partial charge < -0.3 is 4.74 Å². The van der Waals surface area contributed by atoms with Gasteiger partial charge in [-0.2, -0.15) is 5.26 Å². The van der Waals surface area contributed by atoms with E-state index in [1.165, 1.54) is 16.3 Å². The molecule has 2 heteroatoms. The van der Waals surface area contributed by atoms with Gasteiger partial charge in [0, 0.05) is 0 Å². The molecule has 0 fully saturated rings. The molecular weight excluding hydrogens is 246 g/mol. The minimum absolute atomic E-state index is 0.606. The van der Waals surface area contributed by atoms with Crippen molar-refractivity contribution in [3.05, 3.63) is 59.9 Å². The monoisotopic (exact) mass is 265 g/mol. The van der Waals surface area contributed by atoms with E-state index in [-0.39, 0.29) is 0 Å². The van der Waals surface area contributed by atoms with Crippen LogP contribution in [-0.2, 0) is 11.2 Å². The third-order valence-corrected chi connectivity index (χ3v) is 3.31. The van der Waals surface area contributed by atoms with Gasteiger partial charge in [-0.15, -0.1) is 0 Å². The van der Waals surface area contributed by atoms with Gasteiger partial charge >= 0.3 is 0 Å². The zero-order valence-electron chi connectivity index (χ0n) is 11.8. The molecule has 102 valence electrons. The maximum atomic E-state index is 9.02. The van der Waals surface area contributed by atoms with Crippen molar-refractivity contribution in [1.29, 1.82) is 5.26 Å². The quantitative estimate of drug-likeness (QED) is 0.564. The lowest BCUT2D eigenvalue weighted by atomic mass is 9.99. The molecule has 0 radical (unpaired) electrons. The smallest absolute Gasteiger partial charge is 0.0979 e. The van der Waals surface area contributed by atoms with Crippen LogP contribution in [0.25, 0.3) is 10.8 Å². The molecule has 0 aromatic heterocycles. The summed E-state index contributed by atoms with van der Waals surface area (Å²) in [5.41, 5.74) is 2.06. The Morgan fingerprint density at radius 1 is 1.20 bits per heavy atom. The fraction of sp³-hybridized carbons (Fsp3) is 0.278. The summed E-state index contributed by atoms with van der Waals surface area (Å²) < 4.78 is 5.17. The number of nitriles is 1. The van der Waals surface area contributed by atoms with E-state index < -0.39 is 0 Å². The zero-order chi connectivity index (χ0) is 14.2. The van der Waals surface area contributed by atoms with Crippen LogP contribution >= 0.6 is 0 Å². The van der Waals surface area contributed by atoms with Gasteiger partial charge in [0.05, 0.1) is 24.5 Å². The Hall–Kier alpha value is -2.27. The highest BCUT2D eigenvalue weighted by Crippen LogP contribution is 2.20. The first kappa shape index (κ1) is 14.1. The van der Waals surface area contributed by atoms with Gasteiger partial charge in [0.2, 0.25) is 0 Å². The largest absolute Gasteiger partial charge is 0.500 e. The van der Waals surface area contributed by atoms with E-state index in [2.05, 4.69) is 48.5 Å². The van der Waals surface area contributed by atoms with E-state index in [9.17, 15) is 0 Å². The SMILES string of the molecule is CCOC=C(C#N)CCCc1cccc2ccccc12. The Kier molecular flexibility index (Phi) is 5.20. The first-order valence-electron chi connectivity index (χ1n) is 7.02. The topological polar surface area (TPSA) is 33.0 Å². The number of ether oxygens (including phenoxy) is 1. The predicted octanol–water partition coefficient (Wildman–Crippen LogP) is 4.61. The number of hydrogen-bond donors (Lipinski definition) is 0. The lowest BCUT2D eigenvalue weighted by molar-refractivity contribution is 0.266. The molecule has 0 N–H and O–H groups in total. The van der Waals surface area contributed by atoms with E-state index >= 15 is 0 Å². The highest BCUT2D eigenvalue weighted by Gasteiger charge is 2.02. The maximum absolute atomic E-state index is 9.02. The standard InChI is InChI=1S/C18H19NO/c1-2-20-14-15(13-19)7-5-9-17-11-6-10-16-8-3-4-12-18(16)17/h3-4,6,8,10-12,14H,2,5,7,9H2,1H3. The van der Waals surface area contributed by atoms with Gasteiger partial charge in [0.1, 0.15) is 0 Å². The molecule has 0 saturated carbocycles. The summed E-state index contributed by atoms with van der Waals surface area (Å²) in [5, 5.41) is 11.6. The van der Waals surface area contributed by atoms with Crippen molar-refractivity contribution in [3.63, 3.8) is 0 Å². The highest BCUT2D eigenvalue weighted by molar-refractivity contribution is 5.85. The van der Waals surface area contributed by atoms with Crippen LogP contribution in [0.4, 0.5) is 0 Å². The van der Waals surface area contributed by atoms with Crippen molar-refractivity contribution >= 4 is 10.8 Å². The second kappa shape index (κ2) is 7.35. The van der Waals surface area contributed by atoms with E-state index in [1.54, 1.807) is 6.26 Å². The van der Waals surface area contributed by atoms with Crippen LogP contribution in [0.3, 0.4) is 0 Å². The Bertz CT molecular complexity index is 632. The summed E-state index contributed by atoms with van der Waals surface area (Å²) in [7, 11) is 0. The van der Waals surface area contributed by atoms with Crippen LogP contribution in [-0.4, -0.2) is 6.61 Å². The second-order valence-electron chi connectivity index (χ2n) is 4.70. The molecule has 0 aliphatic carbocycles. The summed E-state index contributed by atoms with van der Waals surface area (Å²) in [6, 6.07) is 17.0. The molecule has 0 amide bonds. The van der Waals surface area contributed by atoms with Crippen molar-refractivity contribution in [3.8, 4) is 6.07 Å². The van der Waals surface area contributed by atoms with Gasteiger partial charge in [-0.05, 0) is 42.5 Å². The van der Waals surface area contributed by atoms with Gasteiger partial charge in [-0.1, -0.05) is 42.5 Å². The summed E-state index contributed by atoms with van der Waals surface area (Å²) in [6.07, 6.45) is 4.29. The predicted molar refractivity (Wildman–Crippen MR) is 82.2 cm³/mol. The highest BCUT2D eigenvalue weighted by atomic mass is 16.5. The molecule has 0 aliphatic rings. The number of rotatable bonds is 6. The van der Waals surface area contributed by atoms with Gasteiger partial charge in [-0.25, -0.2) is 0 Å². The molecule has 2 aromatic rings. The molecule has 0 atom stereocenters. The fourth-order valence-corrected chi connectivity index (χ4v) is 2.30. The molecule has 0 bridgehead atoms. The Morgan fingerprint density at radius 3 is 2.80 bits per heavy atom. The van der Waals surface area contributed by atoms with E-state index in [0.717, 1.165) is 19.3 Å². The molecule has 2 aromatic carbocycles. The van der Waals surface area contributed by atoms with Crippen LogP contribution in [0.2, 0.25) is 0 Å². The van der Waals surface area contributed by atoms with Gasteiger partial charge in [0.25, 0.3) is 0 Å². The van der Waals surface area contributed by atoms with Crippen molar-refractivity contribution in [1.82, 2.24) is 0 Å². The van der Waals surface area contributed by atoms with Crippen molar-refractivity contribution in [2.45, 2.75) is 26.2 Å². The Labute approximate surface area is 120 Å². The molecule has 2 nitrogen and oxygen atoms in total. The van der Waals surface area contributed by atoms with Crippen molar-refractivity contribution in [2.24, 2.45) is 0 Å². The van der Waals surface area contributed by atoms with E-state index in [4.69, 9.17) is 10.00 Å². The van der Waals surface area contributed by atoms with Gasteiger partial charge in [0.15, 0.2) is 0 Å². The van der Waals surface area contributed by atoms with Crippen LogP contribution in [0.15, 0.2) is 54.3 Å². The molecule has 0 aliphatic heterocycles. The average molecular weight is 265 g/mol. The molecule has 0 saturated heterocycles. The third-order valence-electron chi connectivity index (χ3n) is 3.31. The van der Waals surface area contributed by atoms with Crippen molar-refractivity contribution in [2.75, 3.05) is 6.61 Å². The molecular formula is C18H19NO. The minimum atomic E-state index is 0.606. The fourth-order valence-electron chi connectivity index (χ4n) is 2.30. The minimum Gasteiger partial charge on any atom is -0.500 e. The number of aryl methyl sites for hydroxylation is 1. The van der Waals surface area contributed by atoms with Crippen LogP contribution < -0.4 is 0 Å².